The molecule has 0 bridgehead atoms. The number of hydrogen-bond acceptors (Lipinski definition) is 5. The predicted octanol–water partition coefficient (Wildman–Crippen LogP) is 3.30. The zero-order chi connectivity index (χ0) is 14.8. The van der Waals surface area contributed by atoms with Crippen LogP contribution in [-0.4, -0.2) is 24.5 Å². The molecule has 0 N–H and O–H groups in total. The van der Waals surface area contributed by atoms with Gasteiger partial charge in [-0.25, -0.2) is 9.37 Å². The average Bonchev–Trinajstić information content (AvgIpc) is 2.96. The Bertz CT molecular complexity index is 781. The van der Waals surface area contributed by atoms with E-state index >= 15 is 0 Å². The van der Waals surface area contributed by atoms with Crippen LogP contribution in [0, 0.1) is 5.82 Å². The molecular formula is C12H6Cl2FN5O. The van der Waals surface area contributed by atoms with E-state index in [0.717, 1.165) is 0 Å². The maximum atomic E-state index is 13.1. The highest BCUT2D eigenvalue weighted by Gasteiger charge is 2.10. The molecule has 0 saturated carbocycles. The molecule has 2 heterocycles. The highest BCUT2D eigenvalue weighted by Crippen LogP contribution is 2.25. The molecule has 6 nitrogen and oxygen atoms in total. The van der Waals surface area contributed by atoms with Gasteiger partial charge >= 0.3 is 6.01 Å². The largest absolute Gasteiger partial charge is 0.424 e. The summed E-state index contributed by atoms with van der Waals surface area (Å²) in [6.07, 6.45) is 4.71. The number of nitrogens with zero attached hydrogens (tertiary/aromatic N) is 5. The summed E-state index contributed by atoms with van der Waals surface area (Å²) in [6, 6.07) is 3.85. The number of hydrogen-bond donors (Lipinski definition) is 0. The Labute approximate surface area is 128 Å². The summed E-state index contributed by atoms with van der Waals surface area (Å²) in [4.78, 5) is 15.8. The smallest absolute Gasteiger partial charge is 0.328 e. The minimum absolute atomic E-state index is 0.0404. The molecule has 0 unspecified atom stereocenters. The predicted molar refractivity (Wildman–Crippen MR) is 73.4 cm³/mol. The van der Waals surface area contributed by atoms with Gasteiger partial charge in [-0.2, -0.15) is 15.0 Å². The van der Waals surface area contributed by atoms with E-state index in [4.69, 9.17) is 27.9 Å². The minimum atomic E-state index is -0.545. The second-order valence-electron chi connectivity index (χ2n) is 3.83. The second kappa shape index (κ2) is 5.63. The summed E-state index contributed by atoms with van der Waals surface area (Å²) in [6.45, 7) is 0. The van der Waals surface area contributed by atoms with Crippen LogP contribution >= 0.6 is 23.2 Å². The van der Waals surface area contributed by atoms with Crippen molar-refractivity contribution in [3.8, 4) is 17.7 Å². The number of aromatic nitrogens is 5. The quantitative estimate of drug-likeness (QED) is 0.739. The van der Waals surface area contributed by atoms with E-state index in [1.54, 1.807) is 12.4 Å². The van der Waals surface area contributed by atoms with Gasteiger partial charge in [0.1, 0.15) is 17.9 Å². The molecule has 0 aliphatic heterocycles. The normalized spacial score (nSPS) is 10.6. The molecular weight excluding hydrogens is 320 g/mol. The van der Waals surface area contributed by atoms with E-state index in [0.29, 0.717) is 0 Å². The van der Waals surface area contributed by atoms with Crippen LogP contribution in [0.2, 0.25) is 10.3 Å². The van der Waals surface area contributed by atoms with Crippen molar-refractivity contribution in [2.24, 2.45) is 0 Å². The van der Waals surface area contributed by atoms with Crippen LogP contribution in [0.5, 0.6) is 11.8 Å². The van der Waals surface area contributed by atoms with Gasteiger partial charge in [0.25, 0.3) is 0 Å². The lowest BCUT2D eigenvalue weighted by molar-refractivity contribution is 0.437. The third-order valence-corrected chi connectivity index (χ3v) is 2.87. The lowest BCUT2D eigenvalue weighted by Gasteiger charge is -2.06. The molecule has 1 aromatic carbocycles. The third kappa shape index (κ3) is 3.09. The molecule has 0 amide bonds. The van der Waals surface area contributed by atoms with Crippen molar-refractivity contribution in [1.82, 2.24) is 24.5 Å². The summed E-state index contributed by atoms with van der Waals surface area (Å²) >= 11 is 11.5. The maximum absolute atomic E-state index is 13.1. The Morgan fingerprint density at radius 3 is 2.71 bits per heavy atom. The van der Waals surface area contributed by atoms with Crippen molar-refractivity contribution < 1.29 is 9.13 Å². The summed E-state index contributed by atoms with van der Waals surface area (Å²) in [5.41, 5.74) is 0. The lowest BCUT2D eigenvalue weighted by Crippen LogP contribution is -2.03. The Balaban J connectivity index is 1.93. The van der Waals surface area contributed by atoms with E-state index in [1.807, 2.05) is 0 Å². The maximum Gasteiger partial charge on any atom is 0.328 e. The van der Waals surface area contributed by atoms with Gasteiger partial charge in [-0.1, -0.05) is 11.6 Å². The van der Waals surface area contributed by atoms with Gasteiger partial charge in [0.2, 0.25) is 11.2 Å². The molecule has 0 atom stereocenters. The average molecular weight is 326 g/mol. The van der Waals surface area contributed by atoms with Gasteiger partial charge in [-0.15, -0.1) is 0 Å². The standard InChI is InChI=1S/C12H6Cl2FN5O/c13-8-5-7(1-2-9(8)15)21-12-18-10(14)17-11(19-12)20-4-3-16-6-20/h1-6H. The van der Waals surface area contributed by atoms with Crippen LogP contribution in [0.1, 0.15) is 0 Å². The number of benzene rings is 1. The Hall–Kier alpha value is -2.25. The monoisotopic (exact) mass is 325 g/mol. The molecule has 0 aliphatic carbocycles. The SMILES string of the molecule is Fc1ccc(Oc2nc(Cl)nc(-n3ccnc3)n2)cc1Cl. The van der Waals surface area contributed by atoms with E-state index < -0.39 is 5.82 Å². The third-order valence-electron chi connectivity index (χ3n) is 2.41. The van der Waals surface area contributed by atoms with Gasteiger partial charge in [0, 0.05) is 18.5 Å². The van der Waals surface area contributed by atoms with Gasteiger partial charge < -0.3 is 4.74 Å². The number of ether oxygens (including phenoxy) is 1. The first kappa shape index (κ1) is 13.7. The van der Waals surface area contributed by atoms with E-state index in [9.17, 15) is 4.39 Å². The van der Waals surface area contributed by atoms with Crippen LogP contribution in [0.4, 0.5) is 4.39 Å². The highest BCUT2D eigenvalue weighted by molar-refractivity contribution is 6.30. The van der Waals surface area contributed by atoms with Gasteiger partial charge in [-0.3, -0.25) is 4.57 Å². The van der Waals surface area contributed by atoms with Gasteiger partial charge in [0.15, 0.2) is 0 Å². The Morgan fingerprint density at radius 2 is 2.00 bits per heavy atom. The molecule has 0 spiro atoms. The van der Waals surface area contributed by atoms with Crippen molar-refractivity contribution in [2.45, 2.75) is 0 Å². The molecule has 9 heteroatoms. The Kier molecular flexibility index (Phi) is 3.68. The van der Waals surface area contributed by atoms with E-state index in [1.165, 1.54) is 29.1 Å². The first-order chi connectivity index (χ1) is 10.1. The summed E-state index contributed by atoms with van der Waals surface area (Å²) in [5, 5.41) is -0.112. The van der Waals surface area contributed by atoms with Crippen LogP contribution in [0.25, 0.3) is 5.95 Å². The van der Waals surface area contributed by atoms with E-state index in [2.05, 4.69) is 19.9 Å². The summed E-state index contributed by atoms with van der Waals surface area (Å²) in [7, 11) is 0. The molecule has 3 rings (SSSR count). The fourth-order valence-corrected chi connectivity index (χ4v) is 1.82. The molecule has 0 radical (unpaired) electrons. The van der Waals surface area contributed by atoms with Crippen molar-refractivity contribution in [3.63, 3.8) is 0 Å². The fourth-order valence-electron chi connectivity index (χ4n) is 1.51. The van der Waals surface area contributed by atoms with Crippen LogP contribution in [0.3, 0.4) is 0 Å². The first-order valence-electron chi connectivity index (χ1n) is 5.64. The van der Waals surface area contributed by atoms with Crippen LogP contribution in [0.15, 0.2) is 36.9 Å². The van der Waals surface area contributed by atoms with Crippen molar-refractivity contribution in [3.05, 3.63) is 53.0 Å². The lowest BCUT2D eigenvalue weighted by atomic mass is 10.3. The number of rotatable bonds is 3. The zero-order valence-electron chi connectivity index (χ0n) is 10.2. The molecule has 0 aliphatic rings. The number of halogens is 3. The van der Waals surface area contributed by atoms with Crippen LogP contribution in [-0.2, 0) is 0 Å². The fraction of sp³-hybridized carbons (Fsp3) is 0. The van der Waals surface area contributed by atoms with Gasteiger partial charge in [-0.05, 0) is 23.7 Å². The van der Waals surface area contributed by atoms with Crippen molar-refractivity contribution in [2.75, 3.05) is 0 Å². The van der Waals surface area contributed by atoms with Crippen LogP contribution < -0.4 is 4.74 Å². The first-order valence-corrected chi connectivity index (χ1v) is 6.40. The topological polar surface area (TPSA) is 65.7 Å². The Morgan fingerprint density at radius 1 is 1.14 bits per heavy atom. The van der Waals surface area contributed by atoms with E-state index in [-0.39, 0.29) is 28.0 Å². The van der Waals surface area contributed by atoms with Gasteiger partial charge in [0.05, 0.1) is 5.02 Å². The number of imidazole rings is 1. The molecule has 106 valence electrons. The zero-order valence-corrected chi connectivity index (χ0v) is 11.8. The second-order valence-corrected chi connectivity index (χ2v) is 4.58. The van der Waals surface area contributed by atoms with Crippen molar-refractivity contribution >= 4 is 23.2 Å². The molecule has 0 fully saturated rings. The molecule has 3 aromatic rings. The molecule has 21 heavy (non-hydrogen) atoms. The molecule has 2 aromatic heterocycles. The minimum Gasteiger partial charge on any atom is -0.424 e. The summed E-state index contributed by atoms with van der Waals surface area (Å²) in [5.74, 6) is -0.0206. The highest BCUT2D eigenvalue weighted by atomic mass is 35.5. The molecule has 0 saturated heterocycles. The summed E-state index contributed by atoms with van der Waals surface area (Å²) < 4.78 is 20.0. The van der Waals surface area contributed by atoms with Crippen molar-refractivity contribution in [1.29, 1.82) is 0 Å².